The number of carbonyl (C=O) groups excluding carboxylic acids is 2. The maximum Gasteiger partial charge on any atom is 0.407 e. The number of oxazole rings is 1. The third-order valence-corrected chi connectivity index (χ3v) is 5.79. The largest absolute Gasteiger partial charge is 0.444 e. The molecule has 178 valence electrons. The molecule has 34 heavy (non-hydrogen) atoms. The quantitative estimate of drug-likeness (QED) is 0.551. The van der Waals surface area contributed by atoms with Crippen LogP contribution in [-0.4, -0.2) is 47.1 Å². The molecule has 0 aliphatic carbocycles. The van der Waals surface area contributed by atoms with Gasteiger partial charge in [-0.15, -0.1) is 0 Å². The molecular formula is C27H31N3O4. The van der Waals surface area contributed by atoms with Crippen molar-refractivity contribution in [1.82, 2.24) is 15.2 Å². The summed E-state index contributed by atoms with van der Waals surface area (Å²) in [6.07, 6.45) is 2.93. The summed E-state index contributed by atoms with van der Waals surface area (Å²) in [6, 6.07) is 17.2. The van der Waals surface area contributed by atoms with Crippen LogP contribution in [0.4, 0.5) is 4.79 Å². The third-order valence-electron chi connectivity index (χ3n) is 5.79. The van der Waals surface area contributed by atoms with Crippen molar-refractivity contribution in [2.75, 3.05) is 19.6 Å². The fourth-order valence-electron chi connectivity index (χ4n) is 4.04. The molecule has 1 fully saturated rings. The molecule has 1 N–H and O–H groups in total. The van der Waals surface area contributed by atoms with Crippen LogP contribution in [0, 0.1) is 5.92 Å². The number of piperidine rings is 1. The number of benzene rings is 2. The second-order valence-electron chi connectivity index (χ2n) is 9.56. The highest BCUT2D eigenvalue weighted by Gasteiger charge is 2.27. The molecule has 0 unspecified atom stereocenters. The Balaban J connectivity index is 1.39. The van der Waals surface area contributed by atoms with Crippen molar-refractivity contribution in [3.63, 3.8) is 0 Å². The molecule has 4 rings (SSSR count). The number of hydrogen-bond donors (Lipinski definition) is 1. The standard InChI is InChI=1S/C27H31N3O4/c1-27(2,3)34-26(32)29-17-19-13-15-30(16-14-19)25(31)22-12-8-7-11-21(22)24-28-18-23(33-24)20-9-5-4-6-10-20/h4-12,18-19H,13-17H2,1-3H3,(H,29,32). The van der Waals surface area contributed by atoms with Gasteiger partial charge in [0.15, 0.2) is 5.76 Å². The third kappa shape index (κ3) is 5.84. The number of nitrogens with zero attached hydrogens (tertiary/aromatic N) is 2. The number of carbonyl (C=O) groups is 2. The van der Waals surface area contributed by atoms with Crippen molar-refractivity contribution >= 4 is 12.0 Å². The van der Waals surface area contributed by atoms with E-state index in [0.29, 0.717) is 48.3 Å². The Morgan fingerprint density at radius 1 is 1.06 bits per heavy atom. The number of alkyl carbamates (subject to hydrolysis) is 1. The van der Waals surface area contributed by atoms with Crippen LogP contribution in [0.5, 0.6) is 0 Å². The molecule has 0 atom stereocenters. The molecule has 2 aromatic carbocycles. The lowest BCUT2D eigenvalue weighted by molar-refractivity contribution is 0.0500. The van der Waals surface area contributed by atoms with E-state index >= 15 is 0 Å². The molecule has 2 amide bonds. The predicted molar refractivity (Wildman–Crippen MR) is 130 cm³/mol. The summed E-state index contributed by atoms with van der Waals surface area (Å²) in [7, 11) is 0. The van der Waals surface area contributed by atoms with E-state index in [1.54, 1.807) is 6.20 Å². The Kier molecular flexibility index (Phi) is 7.01. The fraction of sp³-hybridized carbons (Fsp3) is 0.370. The second kappa shape index (κ2) is 10.1. The van der Waals surface area contributed by atoms with E-state index in [-0.39, 0.29) is 5.91 Å². The molecule has 2 heterocycles. The van der Waals surface area contributed by atoms with Gasteiger partial charge in [-0.25, -0.2) is 9.78 Å². The Morgan fingerprint density at radius 2 is 1.74 bits per heavy atom. The van der Waals surface area contributed by atoms with E-state index in [9.17, 15) is 9.59 Å². The summed E-state index contributed by atoms with van der Waals surface area (Å²) in [6.45, 7) is 7.34. The van der Waals surface area contributed by atoms with Crippen molar-refractivity contribution in [3.8, 4) is 22.8 Å². The van der Waals surface area contributed by atoms with Crippen molar-refractivity contribution in [3.05, 3.63) is 66.4 Å². The maximum absolute atomic E-state index is 13.4. The summed E-state index contributed by atoms with van der Waals surface area (Å²) < 4.78 is 11.3. The molecule has 0 spiro atoms. The summed E-state index contributed by atoms with van der Waals surface area (Å²) in [4.78, 5) is 31.6. The average Bonchev–Trinajstić information content (AvgIpc) is 3.32. The lowest BCUT2D eigenvalue weighted by Gasteiger charge is -2.32. The zero-order chi connectivity index (χ0) is 24.1. The second-order valence-corrected chi connectivity index (χ2v) is 9.56. The van der Waals surface area contributed by atoms with Crippen LogP contribution in [0.1, 0.15) is 44.0 Å². The number of rotatable bonds is 5. The minimum absolute atomic E-state index is 0.0337. The molecule has 1 aromatic heterocycles. The highest BCUT2D eigenvalue weighted by Crippen LogP contribution is 2.29. The molecule has 0 bridgehead atoms. The highest BCUT2D eigenvalue weighted by molar-refractivity contribution is 6.00. The zero-order valence-corrected chi connectivity index (χ0v) is 19.9. The van der Waals surface area contributed by atoms with Crippen LogP contribution < -0.4 is 5.32 Å². The van der Waals surface area contributed by atoms with Crippen LogP contribution in [-0.2, 0) is 4.74 Å². The summed E-state index contributed by atoms with van der Waals surface area (Å²) in [5, 5.41) is 2.85. The van der Waals surface area contributed by atoms with Gasteiger partial charge in [-0.2, -0.15) is 0 Å². The van der Waals surface area contributed by atoms with Crippen molar-refractivity contribution < 1.29 is 18.7 Å². The Labute approximate surface area is 200 Å². The van der Waals surface area contributed by atoms with E-state index in [1.807, 2.05) is 80.3 Å². The van der Waals surface area contributed by atoms with Gasteiger partial charge in [0.1, 0.15) is 5.60 Å². The van der Waals surface area contributed by atoms with E-state index < -0.39 is 11.7 Å². The van der Waals surface area contributed by atoms with Gasteiger partial charge in [-0.3, -0.25) is 4.79 Å². The van der Waals surface area contributed by atoms with Crippen LogP contribution in [0.15, 0.2) is 65.2 Å². The Hall–Kier alpha value is -3.61. The van der Waals surface area contributed by atoms with Crippen LogP contribution >= 0.6 is 0 Å². The maximum atomic E-state index is 13.4. The number of likely N-dealkylation sites (tertiary alicyclic amines) is 1. The van der Waals surface area contributed by atoms with Gasteiger partial charge in [0.25, 0.3) is 5.91 Å². The molecular weight excluding hydrogens is 430 g/mol. The van der Waals surface area contributed by atoms with E-state index in [4.69, 9.17) is 9.15 Å². The predicted octanol–water partition coefficient (Wildman–Crippen LogP) is 5.39. The highest BCUT2D eigenvalue weighted by atomic mass is 16.6. The number of amides is 2. The number of nitrogens with one attached hydrogen (secondary N) is 1. The fourth-order valence-corrected chi connectivity index (χ4v) is 4.04. The van der Waals surface area contributed by atoms with E-state index in [1.165, 1.54) is 0 Å². The van der Waals surface area contributed by atoms with Crippen molar-refractivity contribution in [2.45, 2.75) is 39.2 Å². The normalized spacial score (nSPS) is 14.6. The van der Waals surface area contributed by atoms with Gasteiger partial charge in [-0.1, -0.05) is 42.5 Å². The molecule has 0 radical (unpaired) electrons. The number of aromatic nitrogens is 1. The molecule has 3 aromatic rings. The molecule has 7 heteroatoms. The number of ether oxygens (including phenoxy) is 1. The Bertz CT molecular complexity index is 1130. The van der Waals surface area contributed by atoms with Crippen LogP contribution in [0.25, 0.3) is 22.8 Å². The molecule has 1 aliphatic heterocycles. The molecule has 0 saturated carbocycles. The topological polar surface area (TPSA) is 84.7 Å². The van der Waals surface area contributed by atoms with Gasteiger partial charge >= 0.3 is 6.09 Å². The van der Waals surface area contributed by atoms with Gasteiger partial charge in [0, 0.05) is 30.8 Å². The van der Waals surface area contributed by atoms with Crippen LogP contribution in [0.2, 0.25) is 0 Å². The first-order valence-corrected chi connectivity index (χ1v) is 11.7. The Morgan fingerprint density at radius 3 is 2.44 bits per heavy atom. The van der Waals surface area contributed by atoms with Gasteiger partial charge in [0.2, 0.25) is 5.89 Å². The first-order chi connectivity index (χ1) is 16.3. The summed E-state index contributed by atoms with van der Waals surface area (Å²) in [5.41, 5.74) is 1.68. The first-order valence-electron chi connectivity index (χ1n) is 11.7. The monoisotopic (exact) mass is 461 g/mol. The molecule has 7 nitrogen and oxygen atoms in total. The van der Waals surface area contributed by atoms with E-state index in [0.717, 1.165) is 18.4 Å². The van der Waals surface area contributed by atoms with Crippen molar-refractivity contribution in [1.29, 1.82) is 0 Å². The van der Waals surface area contributed by atoms with Gasteiger partial charge in [-0.05, 0) is 51.7 Å². The lowest BCUT2D eigenvalue weighted by Crippen LogP contribution is -2.42. The minimum Gasteiger partial charge on any atom is -0.444 e. The van der Waals surface area contributed by atoms with Gasteiger partial charge in [0.05, 0.1) is 11.8 Å². The van der Waals surface area contributed by atoms with E-state index in [2.05, 4.69) is 10.3 Å². The SMILES string of the molecule is CC(C)(C)OC(=O)NCC1CCN(C(=O)c2ccccc2-c2ncc(-c3ccccc3)o2)CC1. The van der Waals surface area contributed by atoms with Crippen LogP contribution in [0.3, 0.4) is 0 Å². The molecule has 1 aliphatic rings. The summed E-state index contributed by atoms with van der Waals surface area (Å²) >= 11 is 0. The smallest absolute Gasteiger partial charge is 0.407 e. The first kappa shape index (κ1) is 23.5. The molecule has 1 saturated heterocycles. The lowest BCUT2D eigenvalue weighted by atomic mass is 9.95. The number of hydrogen-bond acceptors (Lipinski definition) is 5. The van der Waals surface area contributed by atoms with Crippen molar-refractivity contribution in [2.24, 2.45) is 5.92 Å². The average molecular weight is 462 g/mol. The zero-order valence-electron chi connectivity index (χ0n) is 19.9. The van der Waals surface area contributed by atoms with Gasteiger partial charge < -0.3 is 19.4 Å². The summed E-state index contributed by atoms with van der Waals surface area (Å²) in [5.74, 6) is 1.37. The minimum atomic E-state index is -0.516.